The van der Waals surface area contributed by atoms with Gasteiger partial charge in [0, 0.05) is 48.8 Å². The van der Waals surface area contributed by atoms with Gasteiger partial charge in [-0.25, -0.2) is 19.9 Å². The average Bonchev–Trinajstić information content (AvgIpc) is 1.54. The van der Waals surface area contributed by atoms with E-state index in [9.17, 15) is 0 Å². The summed E-state index contributed by atoms with van der Waals surface area (Å²) in [7, 11) is -3.86. The number of aryl methyl sites for hydroxylation is 6. The van der Waals surface area contributed by atoms with Gasteiger partial charge in [-0.1, -0.05) is 261 Å². The van der Waals surface area contributed by atoms with Crippen LogP contribution < -0.4 is 42.4 Å². The van der Waals surface area contributed by atoms with Gasteiger partial charge in [0.05, 0.1) is 49.9 Å². The first kappa shape index (κ1) is 114. The zero-order chi connectivity index (χ0) is 99.5. The summed E-state index contributed by atoms with van der Waals surface area (Å²) >= 11 is 26.8. The number of benzene rings is 3. The fourth-order valence-corrected chi connectivity index (χ4v) is 62.0. The maximum atomic E-state index is 5.46. The number of halogens is 2. The molecule has 3 aromatic carbocycles. The molecule has 0 bridgehead atoms. The maximum absolute atomic E-state index is 5.46. The van der Waals surface area contributed by atoms with E-state index in [2.05, 4.69) is 340 Å². The molecule has 4 nitrogen and oxygen atoms in total. The van der Waals surface area contributed by atoms with Gasteiger partial charge in [0.25, 0.3) is 0 Å². The van der Waals surface area contributed by atoms with Gasteiger partial charge in [0.1, 0.15) is 8.07 Å². The van der Waals surface area contributed by atoms with Gasteiger partial charge in [-0.05, 0) is 204 Å². The van der Waals surface area contributed by atoms with Crippen LogP contribution in [0.3, 0.4) is 0 Å². The van der Waals surface area contributed by atoms with Crippen molar-refractivity contribution < 1.29 is 0 Å². The molecule has 0 aliphatic carbocycles. The van der Waals surface area contributed by atoms with Crippen molar-refractivity contribution in [1.29, 1.82) is 0 Å². The molecular weight excluding hydrogens is 2340 g/mol. The first-order valence-corrected chi connectivity index (χ1v) is 91.2. The number of aromatic nitrogens is 4. The van der Waals surface area contributed by atoms with E-state index in [0.717, 1.165) is 45.7 Å². The minimum absolute atomic E-state index is 0.446. The van der Waals surface area contributed by atoms with Gasteiger partial charge < -0.3 is 0 Å². The number of unbranched alkanes of at least 4 members (excludes halogenated alkanes) is 24. The zero-order valence-corrected chi connectivity index (χ0v) is 109. The third-order valence-corrected chi connectivity index (χ3v) is 76.0. The quantitative estimate of drug-likeness (QED) is 0.0217. The number of fused-ring (bicyclic) bond motifs is 6. The van der Waals surface area contributed by atoms with E-state index in [0.29, 0.717) is 0 Å². The molecule has 0 saturated carbocycles. The van der Waals surface area contributed by atoms with E-state index in [1.165, 1.54) is 334 Å². The number of nitrogens with zero attached hydrogens (tertiary/aromatic N) is 4. The molecule has 17 rings (SSSR count). The molecule has 23 heteroatoms. The Balaban J connectivity index is 0.000000161. The van der Waals surface area contributed by atoms with E-state index < -0.39 is 60.8 Å². The second-order valence-electron chi connectivity index (χ2n) is 41.1. The van der Waals surface area contributed by atoms with Crippen LogP contribution in [0.2, 0.25) is 53.8 Å². The number of hydrogen-bond acceptors (Lipinski definition) is 16. The average molecular weight is 2500 g/mol. The molecule has 0 saturated heterocycles. The molecule has 2 aliphatic heterocycles. The van der Waals surface area contributed by atoms with Crippen LogP contribution in [0.25, 0.3) is 88.3 Å². The Morgan fingerprint density at radius 3 is 0.844 bits per heavy atom. The van der Waals surface area contributed by atoms with Crippen LogP contribution in [0.1, 0.15) is 293 Å². The van der Waals surface area contributed by atoms with Crippen molar-refractivity contribution >= 4 is 271 Å². The van der Waals surface area contributed by atoms with Crippen molar-refractivity contribution in [3.8, 4) is 88.3 Å². The third-order valence-electron chi connectivity index (χ3n) is 27.7. The Morgan fingerprint density at radius 1 is 0.248 bits per heavy atom. The Hall–Kier alpha value is -2.80. The normalized spacial score (nSPS) is 12.9. The zero-order valence-electron chi connectivity index (χ0n) is 87.3. The van der Waals surface area contributed by atoms with E-state index in [4.69, 9.17) is 19.9 Å². The number of thiazole rings is 4. The Kier molecular flexibility index (Phi) is 45.6. The van der Waals surface area contributed by atoms with Crippen LogP contribution in [0.4, 0.5) is 0 Å². The molecule has 754 valence electrons. The Bertz CT molecular complexity index is 6020. The summed E-state index contributed by atoms with van der Waals surface area (Å²) in [5.74, 6) is 0. The monoisotopic (exact) mass is 2500 g/mol. The second-order valence-corrected chi connectivity index (χ2v) is 98.4. The van der Waals surface area contributed by atoms with Crippen LogP contribution >= 0.6 is 176 Å². The van der Waals surface area contributed by atoms with Crippen molar-refractivity contribution in [2.75, 3.05) is 0 Å². The van der Waals surface area contributed by atoms with E-state index in [-0.39, 0.29) is 0 Å². The molecule has 0 amide bonds. The fourth-order valence-electron chi connectivity index (χ4n) is 20.0. The van der Waals surface area contributed by atoms with E-state index >= 15 is 0 Å². The van der Waals surface area contributed by atoms with E-state index in [1.807, 2.05) is 84.2 Å². The van der Waals surface area contributed by atoms with Crippen molar-refractivity contribution in [3.05, 3.63) is 204 Å². The summed E-state index contributed by atoms with van der Waals surface area (Å²) in [6, 6.07) is 67.3. The van der Waals surface area contributed by atoms with Gasteiger partial charge in [-0.2, -0.15) is 0 Å². The molecule has 0 spiro atoms. The van der Waals surface area contributed by atoms with Gasteiger partial charge in [-0.15, -0.1) is 113 Å². The Labute approximate surface area is 925 Å². The molecule has 141 heavy (non-hydrogen) atoms. The minimum atomic E-state index is -2.06. The van der Waals surface area contributed by atoms with Gasteiger partial charge in [0.15, 0.2) is 20.0 Å². The molecule has 14 heterocycles. The van der Waals surface area contributed by atoms with Crippen LogP contribution in [-0.2, 0) is 25.7 Å². The molecule has 2 aliphatic rings. The minimum Gasteiger partial charge on any atom is -0.238 e. The molecular formula is C118H155Br2N4PS12Si2Sn2. The molecule has 15 aromatic rings. The van der Waals surface area contributed by atoms with Gasteiger partial charge in [-0.3, -0.25) is 0 Å². The fraction of sp³-hybridized carbons (Fsp3) is 0.475. The predicted molar refractivity (Wildman–Crippen MR) is 667 cm³/mol. The first-order valence-electron chi connectivity index (χ1n) is 53.7. The largest absolute Gasteiger partial charge is 0.238 e. The van der Waals surface area contributed by atoms with Crippen LogP contribution in [0.5, 0.6) is 0 Å². The molecule has 0 atom stereocenters. The summed E-state index contributed by atoms with van der Waals surface area (Å²) in [5, 5.41) is 16.0. The van der Waals surface area contributed by atoms with Crippen molar-refractivity contribution in [2.24, 2.45) is 0 Å². The predicted octanol–water partition coefficient (Wildman–Crippen LogP) is 39.6. The molecule has 0 radical (unpaired) electrons. The second kappa shape index (κ2) is 56.5. The standard InChI is InChI=1S/C48H64N2S6Si.C26H30Br2N2S4.C20H28S2Si.C18H15P.6CH3.2Sn/c1-7-11-15-19-23-35-43(38-26-25-33(5)51-38)55-47(49-35)48-50-36(24-20-16-12-8-2)44(56-48)39-28-27-37(53-39)40-32-42-46(54-40)45-41(31-34(6)52-45)57(42,29-21-17-13-9-3)30-22-18-14-10-4;1-3-5-7-9-11-17-23(19-13-15-21(27)31-19)33-25(29-17)26-30-18(12-10-8-6-4-2)24(34-26)20-14-16-22(28)32-20;1-3-5-7-9-15-23(16-10-8-6-4-2)17-11-13-21-19(17)20-18(23)12-14-22-20;1-4-10-16(11-5-1)19(17-12-6-2-7-13-17)18-14-8-3-9-15-18;;;;;;;;/h25-28,31-32H,7-24,29-30H2,1-6H3;13-16H,3-12H2,1-2H3;11-12H,3-10,15-16H2,1-2H3;1-15H;6*1H3;;. The summed E-state index contributed by atoms with van der Waals surface area (Å²) in [6.07, 6.45) is 46.5. The summed E-state index contributed by atoms with van der Waals surface area (Å²) in [4.78, 5) is 60.3. The first-order chi connectivity index (χ1) is 68.5. The number of rotatable bonds is 52. The van der Waals surface area contributed by atoms with Crippen molar-refractivity contribution in [1.82, 2.24) is 19.9 Å². The molecule has 12 aromatic heterocycles. The topological polar surface area (TPSA) is 51.6 Å². The number of hydrogen-bond donors (Lipinski definition) is 0. The molecule has 0 unspecified atom stereocenters. The SMILES string of the molecule is CCCCCC[Si]1(CCCCCC)c2c[c]([Sn]([CH3])([CH3])[CH3])sc2-c2s[c]([Sn]([CH3])([CH3])[CH3])cc21.CCCCCCc1nc(-c2nc(CCCCCC)c(-c3ccc(-c4cc5c(s4)-c4sc(C)cc4[Si]5(CCCCCC)CCCCCC)s3)s2)sc1-c1ccc(C)s1.CCCCCCc1nc(-c2nc(CCCCCC)c(-c3ccc(Br)s3)s2)sc1-c1ccc(Br)s1.c1ccc(P(c2ccccc2)c2ccccc2)cc1. The maximum Gasteiger partial charge on any atom is 0.153 e. The summed E-state index contributed by atoms with van der Waals surface area (Å²) in [6.45, 7) is 23.1. The van der Waals surface area contributed by atoms with Crippen LogP contribution in [-0.4, -0.2) is 72.8 Å². The third kappa shape index (κ3) is 30.0. The Morgan fingerprint density at radius 2 is 0.532 bits per heavy atom. The smallest absolute Gasteiger partial charge is 0.153 e. The van der Waals surface area contributed by atoms with Crippen LogP contribution in [0, 0.1) is 13.8 Å². The number of thiophene rings is 8. The summed E-state index contributed by atoms with van der Waals surface area (Å²) in [5.41, 5.74) is 5.04. The van der Waals surface area contributed by atoms with Crippen molar-refractivity contribution in [2.45, 2.75) is 354 Å². The molecule has 0 fully saturated rings. The van der Waals surface area contributed by atoms with E-state index in [1.54, 1.807) is 52.6 Å². The molecule has 0 N–H and O–H groups in total. The van der Waals surface area contributed by atoms with Crippen molar-refractivity contribution in [3.63, 3.8) is 0 Å². The van der Waals surface area contributed by atoms with Gasteiger partial charge >= 0.3 is 212 Å². The summed E-state index contributed by atoms with van der Waals surface area (Å²) < 4.78 is 6.00. The van der Waals surface area contributed by atoms with Gasteiger partial charge in [0.2, 0.25) is 0 Å². The van der Waals surface area contributed by atoms with Crippen LogP contribution in [0.15, 0.2) is 171 Å².